The Morgan fingerprint density at radius 3 is 2.43 bits per heavy atom. The Bertz CT molecular complexity index is 177. The van der Waals surface area contributed by atoms with Gasteiger partial charge in [-0.05, 0) is 27.2 Å². The van der Waals surface area contributed by atoms with Gasteiger partial charge in [-0.3, -0.25) is 14.4 Å². The number of carbonyl (C=O) groups excluding carboxylic acids is 2. The minimum absolute atomic E-state index is 0.376. The first kappa shape index (κ1) is 12.9. The van der Waals surface area contributed by atoms with Crippen LogP contribution in [0.2, 0.25) is 0 Å². The summed E-state index contributed by atoms with van der Waals surface area (Å²) in [6.07, 6.45) is 1.95. The van der Waals surface area contributed by atoms with E-state index in [1.807, 2.05) is 20.8 Å². The van der Waals surface area contributed by atoms with Crippen LogP contribution in [0, 0.1) is 0 Å². The number of nitrogens with zero attached hydrogens (tertiary/aromatic N) is 1. The maximum atomic E-state index is 10.6. The molecule has 0 saturated carbocycles. The van der Waals surface area contributed by atoms with Crippen molar-refractivity contribution >= 4 is 12.8 Å². The minimum atomic E-state index is -0.376. The maximum absolute atomic E-state index is 10.6. The summed E-state index contributed by atoms with van der Waals surface area (Å²) in [6.45, 7) is 6.62. The predicted octanol–water partition coefficient (Wildman–Crippen LogP) is 0.311. The molecule has 0 bridgehead atoms. The van der Waals surface area contributed by atoms with E-state index in [0.29, 0.717) is 32.3 Å². The van der Waals surface area contributed by atoms with Crippen LogP contribution in [0.15, 0.2) is 0 Å². The summed E-state index contributed by atoms with van der Waals surface area (Å²) >= 11 is 0. The Labute approximate surface area is 84.4 Å². The second-order valence-corrected chi connectivity index (χ2v) is 3.88. The van der Waals surface area contributed by atoms with Gasteiger partial charge in [0.2, 0.25) is 12.8 Å². The van der Waals surface area contributed by atoms with Gasteiger partial charge >= 0.3 is 0 Å². The summed E-state index contributed by atoms with van der Waals surface area (Å²) in [5.41, 5.74) is -0.376. The molecule has 0 unspecified atom stereocenters. The molecule has 0 saturated heterocycles. The number of hydroxylamine groups is 2. The SMILES string of the molecule is CC(C)(C)ON(C=O)CCCNC=O. The van der Waals surface area contributed by atoms with Crippen LogP contribution in [-0.2, 0) is 14.4 Å². The highest BCUT2D eigenvalue weighted by Crippen LogP contribution is 2.08. The van der Waals surface area contributed by atoms with E-state index in [1.54, 1.807) is 0 Å². The van der Waals surface area contributed by atoms with Crippen molar-refractivity contribution in [2.75, 3.05) is 13.1 Å². The lowest BCUT2D eigenvalue weighted by Crippen LogP contribution is -2.34. The lowest BCUT2D eigenvalue weighted by Gasteiger charge is -2.26. The largest absolute Gasteiger partial charge is 0.359 e. The molecule has 0 aliphatic heterocycles. The van der Waals surface area contributed by atoms with E-state index in [9.17, 15) is 9.59 Å². The second kappa shape index (κ2) is 6.37. The molecule has 1 N–H and O–H groups in total. The van der Waals surface area contributed by atoms with Crippen LogP contribution in [0.1, 0.15) is 27.2 Å². The highest BCUT2D eigenvalue weighted by atomic mass is 16.7. The highest BCUT2D eigenvalue weighted by molar-refractivity contribution is 5.46. The molecular formula is C9H18N2O3. The number of hydrogen-bond donors (Lipinski definition) is 1. The number of carbonyl (C=O) groups is 2. The van der Waals surface area contributed by atoms with Gasteiger partial charge in [-0.2, -0.15) is 0 Å². The summed E-state index contributed by atoms with van der Waals surface area (Å²) in [5.74, 6) is 0. The van der Waals surface area contributed by atoms with Gasteiger partial charge in [0, 0.05) is 6.54 Å². The molecule has 82 valence electrons. The maximum Gasteiger partial charge on any atom is 0.233 e. The Hall–Kier alpha value is -1.10. The first-order valence-electron chi connectivity index (χ1n) is 4.57. The van der Waals surface area contributed by atoms with Crippen LogP contribution in [-0.4, -0.2) is 36.6 Å². The normalized spacial score (nSPS) is 10.8. The van der Waals surface area contributed by atoms with Crippen LogP contribution in [0.5, 0.6) is 0 Å². The van der Waals surface area contributed by atoms with Crippen LogP contribution in [0.4, 0.5) is 0 Å². The molecule has 0 aromatic heterocycles. The number of rotatable bonds is 7. The Morgan fingerprint density at radius 1 is 1.36 bits per heavy atom. The first-order valence-corrected chi connectivity index (χ1v) is 4.57. The van der Waals surface area contributed by atoms with E-state index in [0.717, 1.165) is 0 Å². The van der Waals surface area contributed by atoms with Gasteiger partial charge < -0.3 is 5.32 Å². The summed E-state index contributed by atoms with van der Waals surface area (Å²) in [4.78, 5) is 25.8. The second-order valence-electron chi connectivity index (χ2n) is 3.88. The highest BCUT2D eigenvalue weighted by Gasteiger charge is 2.15. The molecule has 0 aromatic rings. The Balaban J connectivity index is 3.69. The monoisotopic (exact) mass is 202 g/mol. The van der Waals surface area contributed by atoms with Crippen molar-refractivity contribution in [2.45, 2.75) is 32.8 Å². The van der Waals surface area contributed by atoms with Crippen molar-refractivity contribution in [1.29, 1.82) is 0 Å². The Kier molecular flexibility index (Phi) is 5.87. The zero-order chi connectivity index (χ0) is 11.0. The lowest BCUT2D eigenvalue weighted by atomic mass is 10.2. The lowest BCUT2D eigenvalue weighted by molar-refractivity contribution is -0.216. The number of amides is 2. The zero-order valence-corrected chi connectivity index (χ0v) is 8.95. The van der Waals surface area contributed by atoms with E-state index < -0.39 is 0 Å². The van der Waals surface area contributed by atoms with Gasteiger partial charge in [-0.1, -0.05) is 0 Å². The van der Waals surface area contributed by atoms with Crippen LogP contribution in [0.25, 0.3) is 0 Å². The molecule has 0 atom stereocenters. The van der Waals surface area contributed by atoms with Gasteiger partial charge in [-0.15, -0.1) is 0 Å². The third-order valence-corrected chi connectivity index (χ3v) is 1.29. The number of nitrogens with one attached hydrogen (secondary N) is 1. The van der Waals surface area contributed by atoms with Gasteiger partial charge in [0.25, 0.3) is 0 Å². The molecule has 0 heterocycles. The van der Waals surface area contributed by atoms with E-state index in [2.05, 4.69) is 5.32 Å². The molecule has 0 aliphatic carbocycles. The van der Waals surface area contributed by atoms with Crippen molar-refractivity contribution in [3.05, 3.63) is 0 Å². The molecule has 0 rings (SSSR count). The molecule has 5 heteroatoms. The molecule has 0 spiro atoms. The van der Waals surface area contributed by atoms with Crippen molar-refractivity contribution in [1.82, 2.24) is 10.4 Å². The molecule has 0 aromatic carbocycles. The fraction of sp³-hybridized carbons (Fsp3) is 0.778. The summed E-state index contributed by atoms with van der Waals surface area (Å²) in [5, 5.41) is 3.75. The molecule has 0 radical (unpaired) electrons. The minimum Gasteiger partial charge on any atom is -0.359 e. The third kappa shape index (κ3) is 7.54. The van der Waals surface area contributed by atoms with Crippen LogP contribution < -0.4 is 5.32 Å². The Morgan fingerprint density at radius 2 is 2.00 bits per heavy atom. The van der Waals surface area contributed by atoms with E-state index in [1.165, 1.54) is 5.06 Å². The first-order chi connectivity index (χ1) is 6.49. The van der Waals surface area contributed by atoms with Crippen molar-refractivity contribution in [3.63, 3.8) is 0 Å². The van der Waals surface area contributed by atoms with Gasteiger partial charge in [-0.25, -0.2) is 5.06 Å². The van der Waals surface area contributed by atoms with Crippen molar-refractivity contribution < 1.29 is 14.4 Å². The molecule has 0 fully saturated rings. The fourth-order valence-electron chi connectivity index (χ4n) is 0.868. The van der Waals surface area contributed by atoms with E-state index in [-0.39, 0.29) is 5.60 Å². The number of hydrogen-bond acceptors (Lipinski definition) is 3. The third-order valence-electron chi connectivity index (χ3n) is 1.29. The molecule has 5 nitrogen and oxygen atoms in total. The molecule has 0 aliphatic rings. The smallest absolute Gasteiger partial charge is 0.233 e. The molecule has 2 amide bonds. The van der Waals surface area contributed by atoms with Crippen LogP contribution in [0.3, 0.4) is 0 Å². The van der Waals surface area contributed by atoms with E-state index >= 15 is 0 Å². The molecule has 14 heavy (non-hydrogen) atoms. The summed E-state index contributed by atoms with van der Waals surface area (Å²) < 4.78 is 0. The summed E-state index contributed by atoms with van der Waals surface area (Å²) in [6, 6.07) is 0. The average molecular weight is 202 g/mol. The topological polar surface area (TPSA) is 58.6 Å². The quantitative estimate of drug-likeness (QED) is 0.367. The van der Waals surface area contributed by atoms with Gasteiger partial charge in [0.05, 0.1) is 12.1 Å². The zero-order valence-electron chi connectivity index (χ0n) is 8.95. The van der Waals surface area contributed by atoms with Crippen molar-refractivity contribution in [3.8, 4) is 0 Å². The van der Waals surface area contributed by atoms with Crippen LogP contribution >= 0.6 is 0 Å². The molecular weight excluding hydrogens is 184 g/mol. The van der Waals surface area contributed by atoms with Crippen molar-refractivity contribution in [2.24, 2.45) is 0 Å². The predicted molar refractivity (Wildman–Crippen MR) is 52.3 cm³/mol. The fourth-order valence-corrected chi connectivity index (χ4v) is 0.868. The summed E-state index contributed by atoms with van der Waals surface area (Å²) in [7, 11) is 0. The standard InChI is InChI=1S/C9H18N2O3/c1-9(2,3)14-11(8-13)6-4-5-10-7-12/h7-8H,4-6H2,1-3H3,(H,10,12). The average Bonchev–Trinajstić information content (AvgIpc) is 2.08. The van der Waals surface area contributed by atoms with E-state index in [4.69, 9.17) is 4.84 Å². The van der Waals surface area contributed by atoms with Gasteiger partial charge in [0.15, 0.2) is 0 Å². The van der Waals surface area contributed by atoms with Gasteiger partial charge in [0.1, 0.15) is 0 Å².